The van der Waals surface area contributed by atoms with Crippen LogP contribution in [0.4, 0.5) is 5.13 Å². The van der Waals surface area contributed by atoms with Crippen molar-refractivity contribution >= 4 is 48.9 Å². The average molecular weight is 516 g/mol. The van der Waals surface area contributed by atoms with E-state index >= 15 is 0 Å². The molecule has 2 heterocycles. The van der Waals surface area contributed by atoms with Gasteiger partial charge < -0.3 is 0 Å². The molecule has 0 aliphatic rings. The van der Waals surface area contributed by atoms with Crippen LogP contribution in [-0.4, -0.2) is 16.5 Å². The van der Waals surface area contributed by atoms with Crippen LogP contribution >= 0.6 is 34.4 Å². The normalized spacial score (nSPS) is 11.8. The zero-order chi connectivity index (χ0) is 24.2. The maximum atomic E-state index is 5.08. The lowest BCUT2D eigenvalue weighted by molar-refractivity contribution is -0.559. The molecule has 4 nitrogen and oxygen atoms in total. The van der Waals surface area contributed by atoms with E-state index in [1.807, 2.05) is 6.07 Å². The molecular formula is C28H27N4S3+. The number of hydrogen-bond acceptors (Lipinski definition) is 5. The minimum atomic E-state index is 0.642. The molecule has 35 heavy (non-hydrogen) atoms. The molecule has 176 valence electrons. The van der Waals surface area contributed by atoms with E-state index in [0.29, 0.717) is 6.54 Å². The van der Waals surface area contributed by atoms with Crippen LogP contribution in [0.2, 0.25) is 0 Å². The topological polar surface area (TPSA) is 32.6 Å². The first kappa shape index (κ1) is 23.7. The van der Waals surface area contributed by atoms with Crippen molar-refractivity contribution < 1.29 is 4.52 Å². The van der Waals surface area contributed by atoms with Gasteiger partial charge in [-0.2, -0.15) is 0 Å². The third-order valence-corrected chi connectivity index (χ3v) is 8.53. The van der Waals surface area contributed by atoms with Crippen LogP contribution in [0.3, 0.4) is 0 Å². The van der Waals surface area contributed by atoms with Gasteiger partial charge in [0.2, 0.25) is 0 Å². The summed E-state index contributed by atoms with van der Waals surface area (Å²) in [6, 6.07) is 27.8. The molecule has 0 aliphatic carbocycles. The minimum absolute atomic E-state index is 0.642. The lowest BCUT2D eigenvalue weighted by atomic mass is 10.1. The van der Waals surface area contributed by atoms with Crippen molar-refractivity contribution in [2.75, 3.05) is 11.2 Å². The van der Waals surface area contributed by atoms with E-state index in [9.17, 15) is 0 Å². The summed E-state index contributed by atoms with van der Waals surface area (Å²) in [6.45, 7) is 5.59. The Bertz CT molecular complexity index is 1440. The molecule has 0 spiro atoms. The van der Waals surface area contributed by atoms with E-state index in [1.54, 1.807) is 34.4 Å². The second-order valence-corrected chi connectivity index (χ2v) is 11.3. The van der Waals surface area contributed by atoms with Gasteiger partial charge in [-0.15, -0.1) is 0 Å². The molecule has 0 fully saturated rings. The number of hydrogen-bond donors (Lipinski definition) is 0. The summed E-state index contributed by atoms with van der Waals surface area (Å²) in [4.78, 5) is 7.29. The van der Waals surface area contributed by atoms with Crippen molar-refractivity contribution in [3.8, 4) is 11.3 Å². The van der Waals surface area contributed by atoms with Crippen LogP contribution in [0, 0.1) is 13.8 Å². The van der Waals surface area contributed by atoms with Gasteiger partial charge in [0.1, 0.15) is 0 Å². The number of anilines is 1. The summed E-state index contributed by atoms with van der Waals surface area (Å²) in [7, 11) is 0. The van der Waals surface area contributed by atoms with Crippen molar-refractivity contribution in [1.82, 2.24) is 5.10 Å². The van der Waals surface area contributed by atoms with Crippen LogP contribution in [0.25, 0.3) is 15.4 Å². The van der Waals surface area contributed by atoms with E-state index in [1.165, 1.54) is 27.8 Å². The number of aromatic nitrogens is 2. The van der Waals surface area contributed by atoms with Gasteiger partial charge in [0, 0.05) is 5.10 Å². The third kappa shape index (κ3) is 5.48. The van der Waals surface area contributed by atoms with Crippen LogP contribution in [0.15, 0.2) is 89.2 Å². The van der Waals surface area contributed by atoms with E-state index in [2.05, 4.69) is 108 Å². The fourth-order valence-electron chi connectivity index (χ4n) is 3.76. The molecule has 0 bridgehead atoms. The number of rotatable bonds is 6. The largest absolute Gasteiger partial charge is 0.354 e. The summed E-state index contributed by atoms with van der Waals surface area (Å²) in [5.74, 6) is 0. The van der Waals surface area contributed by atoms with Crippen molar-refractivity contribution in [2.45, 2.75) is 26.9 Å². The predicted molar refractivity (Wildman–Crippen MR) is 152 cm³/mol. The van der Waals surface area contributed by atoms with E-state index in [0.717, 1.165) is 26.7 Å². The summed E-state index contributed by atoms with van der Waals surface area (Å²) in [5.41, 5.74) is 7.25. The van der Waals surface area contributed by atoms with Crippen molar-refractivity contribution in [1.29, 1.82) is 0 Å². The molecule has 0 radical (unpaired) electrons. The maximum absolute atomic E-state index is 5.08. The highest BCUT2D eigenvalue weighted by atomic mass is 32.2. The first-order valence-electron chi connectivity index (χ1n) is 11.4. The SMILES string of the molecule is CSC(=NCc1ccc(C)cc1)N(Cc1ccc(C)cc1)c1n[n+]2c(-c3ccccc3)csc2s1. The second-order valence-electron chi connectivity index (χ2n) is 8.41. The summed E-state index contributed by atoms with van der Waals surface area (Å²) >= 11 is 5.11. The Morgan fingerprint density at radius 1 is 0.914 bits per heavy atom. The van der Waals surface area contributed by atoms with Crippen molar-refractivity contribution in [2.24, 2.45) is 4.99 Å². The Hall–Kier alpha value is -3.00. The number of aryl methyl sites for hydroxylation is 2. The second kappa shape index (κ2) is 10.7. The quantitative estimate of drug-likeness (QED) is 0.137. The molecule has 0 aliphatic heterocycles. The highest BCUT2D eigenvalue weighted by Gasteiger charge is 2.27. The van der Waals surface area contributed by atoms with Crippen molar-refractivity contribution in [3.63, 3.8) is 0 Å². The van der Waals surface area contributed by atoms with Gasteiger partial charge in [0.25, 0.3) is 10.8 Å². The summed E-state index contributed by atoms with van der Waals surface area (Å²) in [5, 5.41) is 9.18. The van der Waals surface area contributed by atoms with E-state index < -0.39 is 0 Å². The average Bonchev–Trinajstić information content (AvgIpc) is 3.47. The number of fused-ring (bicyclic) bond motifs is 1. The molecule has 2 aromatic heterocycles. The molecule has 0 N–H and O–H groups in total. The molecule has 0 unspecified atom stereocenters. The zero-order valence-corrected chi connectivity index (χ0v) is 22.5. The standard InChI is InChI=1S/C28H27N4S3/c1-20-9-13-22(14-10-20)17-29-26(33-3)31(18-23-15-11-21(2)12-16-23)27-30-32-25(19-34-28(32)35-27)24-7-5-4-6-8-24/h4-16,19H,17-18H2,1-3H3/q+1. The molecule has 0 atom stereocenters. The van der Waals surface area contributed by atoms with Crippen LogP contribution < -0.4 is 9.42 Å². The predicted octanol–water partition coefficient (Wildman–Crippen LogP) is 7.15. The van der Waals surface area contributed by atoms with Gasteiger partial charge in [0.05, 0.1) is 24.0 Å². The summed E-state index contributed by atoms with van der Waals surface area (Å²) in [6.07, 6.45) is 2.09. The number of amidine groups is 1. The van der Waals surface area contributed by atoms with Crippen LogP contribution in [0.1, 0.15) is 22.3 Å². The number of nitrogens with zero attached hydrogens (tertiary/aromatic N) is 4. The highest BCUT2D eigenvalue weighted by Crippen LogP contribution is 2.30. The van der Waals surface area contributed by atoms with Gasteiger partial charge in [0.15, 0.2) is 5.17 Å². The van der Waals surface area contributed by atoms with Gasteiger partial charge in [-0.05, 0) is 59.2 Å². The molecule has 5 rings (SSSR count). The molecule has 0 saturated carbocycles. The van der Waals surface area contributed by atoms with Crippen molar-refractivity contribution in [3.05, 3.63) is 106 Å². The van der Waals surface area contributed by atoms with Crippen LogP contribution in [0.5, 0.6) is 0 Å². The highest BCUT2D eigenvalue weighted by molar-refractivity contribution is 8.13. The Morgan fingerprint density at radius 2 is 1.57 bits per heavy atom. The van der Waals surface area contributed by atoms with Gasteiger partial charge >= 0.3 is 4.14 Å². The Morgan fingerprint density at radius 3 is 2.23 bits per heavy atom. The lowest BCUT2D eigenvalue weighted by Crippen LogP contribution is -2.31. The van der Waals surface area contributed by atoms with E-state index in [-0.39, 0.29) is 0 Å². The number of aliphatic imine (C=N–C) groups is 1. The zero-order valence-electron chi connectivity index (χ0n) is 20.0. The van der Waals surface area contributed by atoms with Gasteiger partial charge in [-0.3, -0.25) is 9.89 Å². The molecule has 5 aromatic rings. The first-order chi connectivity index (χ1) is 17.1. The monoisotopic (exact) mass is 515 g/mol. The Labute approximate surface area is 218 Å². The minimum Gasteiger partial charge on any atom is -0.287 e. The maximum Gasteiger partial charge on any atom is 0.354 e. The van der Waals surface area contributed by atoms with E-state index in [4.69, 9.17) is 10.1 Å². The Balaban J connectivity index is 1.53. The smallest absolute Gasteiger partial charge is 0.287 e. The number of benzene rings is 3. The molecule has 0 amide bonds. The van der Waals surface area contributed by atoms with Gasteiger partial charge in [-0.1, -0.05) is 101 Å². The number of thioether (sulfide) groups is 1. The number of thiazole rings is 1. The first-order valence-corrected chi connectivity index (χ1v) is 14.4. The summed E-state index contributed by atoms with van der Waals surface area (Å²) < 4.78 is 3.23. The third-order valence-electron chi connectivity index (χ3n) is 5.73. The van der Waals surface area contributed by atoms with Gasteiger partial charge in [-0.25, -0.2) is 0 Å². The Kier molecular flexibility index (Phi) is 7.27. The molecule has 0 saturated heterocycles. The molecule has 3 aromatic carbocycles. The van der Waals surface area contributed by atoms with Crippen LogP contribution in [-0.2, 0) is 13.1 Å². The fourth-order valence-corrected chi connectivity index (χ4v) is 6.40. The fraction of sp³-hybridized carbons (Fsp3) is 0.179. The molecular weight excluding hydrogens is 489 g/mol. The lowest BCUT2D eigenvalue weighted by Gasteiger charge is -2.21. The molecule has 7 heteroatoms.